The molecule has 1 N–H and O–H groups in total. The first-order valence-corrected chi connectivity index (χ1v) is 8.18. The lowest BCUT2D eigenvalue weighted by molar-refractivity contribution is -0.126. The highest BCUT2D eigenvalue weighted by Crippen LogP contribution is 2.25. The maximum atomic E-state index is 12.2. The largest absolute Gasteiger partial charge is 0.356 e. The maximum absolute atomic E-state index is 12.2. The molecule has 0 bridgehead atoms. The van der Waals surface area contributed by atoms with Gasteiger partial charge in [-0.15, -0.1) is 0 Å². The van der Waals surface area contributed by atoms with Crippen LogP contribution < -0.4 is 10.2 Å². The van der Waals surface area contributed by atoms with Crippen molar-refractivity contribution >= 4 is 17.5 Å². The fourth-order valence-electron chi connectivity index (χ4n) is 2.67. The van der Waals surface area contributed by atoms with Crippen molar-refractivity contribution in [3.8, 4) is 0 Å². The Balaban J connectivity index is 1.93. The molecule has 1 aromatic carbocycles. The molecule has 22 heavy (non-hydrogen) atoms. The molecule has 2 rings (SSSR count). The van der Waals surface area contributed by atoms with Crippen molar-refractivity contribution in [1.29, 1.82) is 0 Å². The van der Waals surface area contributed by atoms with E-state index in [1.807, 2.05) is 24.3 Å². The zero-order valence-corrected chi connectivity index (χ0v) is 13.8. The predicted molar refractivity (Wildman–Crippen MR) is 88.7 cm³/mol. The first kappa shape index (κ1) is 16.5. The lowest BCUT2D eigenvalue weighted by Gasteiger charge is -2.17. The van der Waals surface area contributed by atoms with Gasteiger partial charge in [-0.3, -0.25) is 9.59 Å². The second kappa shape index (κ2) is 7.43. The molecule has 120 valence electrons. The van der Waals surface area contributed by atoms with E-state index in [0.717, 1.165) is 18.5 Å². The third kappa shape index (κ3) is 4.09. The van der Waals surface area contributed by atoms with Crippen LogP contribution in [0.4, 0.5) is 5.69 Å². The summed E-state index contributed by atoms with van der Waals surface area (Å²) in [6.45, 7) is 7.54. The SMILES string of the molecule is CCc1ccc(N2CC(C(=O)NCCC(C)C)CC2=O)cc1. The summed E-state index contributed by atoms with van der Waals surface area (Å²) in [5.41, 5.74) is 2.14. The van der Waals surface area contributed by atoms with Gasteiger partial charge in [-0.1, -0.05) is 32.9 Å². The van der Waals surface area contributed by atoms with Crippen LogP contribution in [0.2, 0.25) is 0 Å². The summed E-state index contributed by atoms with van der Waals surface area (Å²) in [5.74, 6) is 0.375. The minimum absolute atomic E-state index is 0.00155. The lowest BCUT2D eigenvalue weighted by Crippen LogP contribution is -2.33. The molecule has 1 saturated heterocycles. The Morgan fingerprint density at radius 3 is 2.59 bits per heavy atom. The highest BCUT2D eigenvalue weighted by molar-refractivity contribution is 6.00. The van der Waals surface area contributed by atoms with E-state index in [2.05, 4.69) is 26.1 Å². The van der Waals surface area contributed by atoms with E-state index in [0.29, 0.717) is 25.4 Å². The van der Waals surface area contributed by atoms with Gasteiger partial charge in [-0.05, 0) is 36.5 Å². The van der Waals surface area contributed by atoms with Crippen LogP contribution in [0.15, 0.2) is 24.3 Å². The number of nitrogens with zero attached hydrogens (tertiary/aromatic N) is 1. The van der Waals surface area contributed by atoms with E-state index in [1.165, 1.54) is 5.56 Å². The molecule has 1 fully saturated rings. The Hall–Kier alpha value is -1.84. The molecule has 1 aromatic rings. The zero-order chi connectivity index (χ0) is 16.1. The second-order valence-electron chi connectivity index (χ2n) is 6.40. The summed E-state index contributed by atoms with van der Waals surface area (Å²) >= 11 is 0. The van der Waals surface area contributed by atoms with E-state index in [1.54, 1.807) is 4.90 Å². The molecule has 0 spiro atoms. The van der Waals surface area contributed by atoms with E-state index >= 15 is 0 Å². The summed E-state index contributed by atoms with van der Waals surface area (Å²) in [7, 11) is 0. The van der Waals surface area contributed by atoms with Crippen molar-refractivity contribution in [2.45, 2.75) is 40.0 Å². The predicted octanol–water partition coefficient (Wildman–Crippen LogP) is 2.76. The second-order valence-corrected chi connectivity index (χ2v) is 6.40. The summed E-state index contributed by atoms with van der Waals surface area (Å²) in [6.07, 6.45) is 2.26. The van der Waals surface area contributed by atoms with E-state index in [9.17, 15) is 9.59 Å². The molecular formula is C18H26N2O2. The van der Waals surface area contributed by atoms with Crippen LogP contribution in [0.1, 0.15) is 39.2 Å². The van der Waals surface area contributed by atoms with Gasteiger partial charge in [0.05, 0.1) is 5.92 Å². The van der Waals surface area contributed by atoms with Crippen molar-refractivity contribution in [2.75, 3.05) is 18.0 Å². The van der Waals surface area contributed by atoms with E-state index < -0.39 is 0 Å². The van der Waals surface area contributed by atoms with Crippen molar-refractivity contribution in [3.63, 3.8) is 0 Å². The number of carbonyl (C=O) groups excluding carboxylic acids is 2. The van der Waals surface area contributed by atoms with Gasteiger partial charge in [-0.2, -0.15) is 0 Å². The number of amides is 2. The third-order valence-corrected chi connectivity index (χ3v) is 4.17. The van der Waals surface area contributed by atoms with Crippen LogP contribution in [0.25, 0.3) is 0 Å². The van der Waals surface area contributed by atoms with Gasteiger partial charge in [0.15, 0.2) is 0 Å². The number of hydrogen-bond acceptors (Lipinski definition) is 2. The number of carbonyl (C=O) groups is 2. The fourth-order valence-corrected chi connectivity index (χ4v) is 2.67. The normalized spacial score (nSPS) is 18.1. The number of nitrogens with one attached hydrogen (secondary N) is 1. The van der Waals surface area contributed by atoms with Crippen LogP contribution in [-0.4, -0.2) is 24.9 Å². The Morgan fingerprint density at radius 1 is 1.32 bits per heavy atom. The average Bonchev–Trinajstić information content (AvgIpc) is 2.89. The molecule has 0 aliphatic carbocycles. The van der Waals surface area contributed by atoms with Gasteiger partial charge in [0, 0.05) is 25.2 Å². The van der Waals surface area contributed by atoms with Gasteiger partial charge < -0.3 is 10.2 Å². The number of hydrogen-bond donors (Lipinski definition) is 1. The molecule has 4 heteroatoms. The van der Waals surface area contributed by atoms with Crippen LogP contribution in [0.5, 0.6) is 0 Å². The molecule has 0 aromatic heterocycles. The standard InChI is InChI=1S/C18H26N2O2/c1-4-14-5-7-16(8-6-14)20-12-15(11-17(20)21)18(22)19-10-9-13(2)3/h5-8,13,15H,4,9-12H2,1-3H3,(H,19,22). The molecule has 0 saturated carbocycles. The summed E-state index contributed by atoms with van der Waals surface area (Å²) < 4.78 is 0. The molecule has 1 heterocycles. The molecule has 1 unspecified atom stereocenters. The van der Waals surface area contributed by atoms with Crippen molar-refractivity contribution in [3.05, 3.63) is 29.8 Å². The first-order chi connectivity index (χ1) is 10.5. The molecule has 1 aliphatic heterocycles. The highest BCUT2D eigenvalue weighted by Gasteiger charge is 2.34. The lowest BCUT2D eigenvalue weighted by atomic mass is 10.1. The van der Waals surface area contributed by atoms with E-state index in [4.69, 9.17) is 0 Å². The minimum atomic E-state index is -0.231. The molecule has 1 atom stereocenters. The highest BCUT2D eigenvalue weighted by atomic mass is 16.2. The van der Waals surface area contributed by atoms with Crippen LogP contribution in [0.3, 0.4) is 0 Å². The van der Waals surface area contributed by atoms with Gasteiger partial charge in [-0.25, -0.2) is 0 Å². The van der Waals surface area contributed by atoms with Gasteiger partial charge in [0.1, 0.15) is 0 Å². The number of aryl methyl sites for hydroxylation is 1. The first-order valence-electron chi connectivity index (χ1n) is 8.18. The fraction of sp³-hybridized carbons (Fsp3) is 0.556. The number of benzene rings is 1. The van der Waals surface area contributed by atoms with Gasteiger partial charge in [0.2, 0.25) is 11.8 Å². The van der Waals surface area contributed by atoms with Crippen molar-refractivity contribution < 1.29 is 9.59 Å². The summed E-state index contributed by atoms with van der Waals surface area (Å²) in [4.78, 5) is 26.1. The molecule has 2 amide bonds. The van der Waals surface area contributed by atoms with Crippen molar-refractivity contribution in [1.82, 2.24) is 5.32 Å². The quantitative estimate of drug-likeness (QED) is 0.878. The van der Waals surface area contributed by atoms with Crippen LogP contribution in [-0.2, 0) is 16.0 Å². The van der Waals surface area contributed by atoms with E-state index in [-0.39, 0.29) is 17.7 Å². The average molecular weight is 302 g/mol. The number of rotatable bonds is 6. The summed E-state index contributed by atoms with van der Waals surface area (Å²) in [5, 5.41) is 2.95. The van der Waals surface area contributed by atoms with Crippen molar-refractivity contribution in [2.24, 2.45) is 11.8 Å². The van der Waals surface area contributed by atoms with Gasteiger partial charge in [0.25, 0.3) is 0 Å². The third-order valence-electron chi connectivity index (χ3n) is 4.17. The Labute approximate surface area is 132 Å². The van der Waals surface area contributed by atoms with Gasteiger partial charge >= 0.3 is 0 Å². The van der Waals surface area contributed by atoms with Crippen LogP contribution >= 0.6 is 0 Å². The Morgan fingerprint density at radius 2 is 2.00 bits per heavy atom. The maximum Gasteiger partial charge on any atom is 0.227 e. The Kier molecular flexibility index (Phi) is 5.58. The van der Waals surface area contributed by atoms with Crippen LogP contribution in [0, 0.1) is 11.8 Å². The molecular weight excluding hydrogens is 276 g/mol. The molecule has 1 aliphatic rings. The smallest absolute Gasteiger partial charge is 0.227 e. The topological polar surface area (TPSA) is 49.4 Å². The summed E-state index contributed by atoms with van der Waals surface area (Å²) in [6, 6.07) is 8.02. The monoisotopic (exact) mass is 302 g/mol. The number of anilines is 1. The zero-order valence-electron chi connectivity index (χ0n) is 13.8. The molecule has 0 radical (unpaired) electrons. The Bertz CT molecular complexity index is 522. The molecule has 4 nitrogen and oxygen atoms in total. The minimum Gasteiger partial charge on any atom is -0.356 e.